The summed E-state index contributed by atoms with van der Waals surface area (Å²) in [5.41, 5.74) is 4.57. The van der Waals surface area contributed by atoms with E-state index in [4.69, 9.17) is 14.2 Å². The number of anilines is 1. The minimum absolute atomic E-state index is 0.109. The topological polar surface area (TPSA) is 85.7 Å². The Hall–Kier alpha value is -2.10. The molecule has 0 spiro atoms. The Morgan fingerprint density at radius 3 is 2.87 bits per heavy atom. The van der Waals surface area contributed by atoms with Crippen LogP contribution in [0.3, 0.4) is 0 Å². The van der Waals surface area contributed by atoms with Gasteiger partial charge < -0.3 is 24.6 Å². The van der Waals surface area contributed by atoms with E-state index in [1.807, 2.05) is 13.8 Å². The van der Waals surface area contributed by atoms with Crippen LogP contribution in [0.4, 0.5) is 5.82 Å². The molecule has 2 saturated heterocycles. The lowest BCUT2D eigenvalue weighted by atomic mass is 10.0. The van der Waals surface area contributed by atoms with Crippen molar-refractivity contribution in [2.45, 2.75) is 62.9 Å². The monoisotopic (exact) mass is 439 g/mol. The molecule has 2 aliphatic heterocycles. The van der Waals surface area contributed by atoms with Gasteiger partial charge in [0.25, 0.3) is 0 Å². The molecule has 2 fully saturated rings. The van der Waals surface area contributed by atoms with Crippen LogP contribution >= 0.6 is 11.3 Å². The van der Waals surface area contributed by atoms with Gasteiger partial charge in [0.2, 0.25) is 0 Å². The molecule has 7 nitrogen and oxygen atoms in total. The van der Waals surface area contributed by atoms with Crippen molar-refractivity contribution >= 4 is 27.4 Å². The van der Waals surface area contributed by atoms with Crippen molar-refractivity contribution in [2.24, 2.45) is 0 Å². The van der Waals surface area contributed by atoms with Gasteiger partial charge in [-0.25, -0.2) is 9.97 Å². The average Bonchev–Trinajstić information content (AvgIpc) is 3.50. The smallest absolute Gasteiger partial charge is 0.164 e. The van der Waals surface area contributed by atoms with E-state index in [1.54, 1.807) is 17.7 Å². The Kier molecular flexibility index (Phi) is 4.56. The van der Waals surface area contributed by atoms with Crippen LogP contribution in [0, 0.1) is 0 Å². The standard InChI is InChI=1S/C23H25N3O4S/c1-23(2)29-19-16(9-27)28-18(20(19)30-23)14-10-31-21-17(14)24-11-25-22(21)26-15-8-7-12-5-3-4-6-13(12)15/h3-6,10-11,15-16,18-20,27H,7-9H2,1-2H3,(H,24,25,26)/t15-,16+,18-,19+,20-/m0/s1. The summed E-state index contributed by atoms with van der Waals surface area (Å²) in [6.45, 7) is 3.68. The highest BCUT2D eigenvalue weighted by molar-refractivity contribution is 7.18. The van der Waals surface area contributed by atoms with E-state index in [0.717, 1.165) is 34.4 Å². The second-order valence-electron chi connectivity index (χ2n) is 8.87. The third-order valence-electron chi connectivity index (χ3n) is 6.46. The first-order valence-corrected chi connectivity index (χ1v) is 11.6. The highest BCUT2D eigenvalue weighted by atomic mass is 32.1. The molecule has 162 valence electrons. The average molecular weight is 440 g/mol. The molecule has 6 rings (SSSR count). The predicted octanol–water partition coefficient (Wildman–Crippen LogP) is 3.74. The van der Waals surface area contributed by atoms with E-state index in [1.165, 1.54) is 11.1 Å². The van der Waals surface area contributed by atoms with E-state index in [9.17, 15) is 5.11 Å². The molecule has 0 saturated carbocycles. The number of fused-ring (bicyclic) bond motifs is 3. The number of aryl methyl sites for hydroxylation is 1. The normalized spacial score (nSPS) is 31.1. The summed E-state index contributed by atoms with van der Waals surface area (Å²) < 4.78 is 19.3. The van der Waals surface area contributed by atoms with Crippen LogP contribution in [0.1, 0.15) is 49.1 Å². The number of benzene rings is 1. The van der Waals surface area contributed by atoms with Crippen LogP contribution in [0.2, 0.25) is 0 Å². The predicted molar refractivity (Wildman–Crippen MR) is 117 cm³/mol. The van der Waals surface area contributed by atoms with Crippen LogP contribution in [0.15, 0.2) is 36.0 Å². The Morgan fingerprint density at radius 2 is 2.00 bits per heavy atom. The van der Waals surface area contributed by atoms with Crippen LogP contribution in [0.5, 0.6) is 0 Å². The van der Waals surface area contributed by atoms with Gasteiger partial charge in [-0.05, 0) is 43.2 Å². The highest BCUT2D eigenvalue weighted by Gasteiger charge is 2.55. The SMILES string of the molecule is CC1(C)O[C@@H]2[C@H](O1)[C@@H](CO)O[C@H]2c1csc2c(N[C@H]3CCc4ccccc43)ncnc12. The molecule has 8 heteroatoms. The van der Waals surface area contributed by atoms with Crippen molar-refractivity contribution < 1.29 is 19.3 Å². The van der Waals surface area contributed by atoms with Gasteiger partial charge in [0.1, 0.15) is 36.6 Å². The lowest BCUT2D eigenvalue weighted by molar-refractivity contribution is -0.190. The fourth-order valence-electron chi connectivity index (χ4n) is 5.13. The minimum Gasteiger partial charge on any atom is -0.394 e. The van der Waals surface area contributed by atoms with E-state index in [2.05, 4.69) is 44.9 Å². The third-order valence-corrected chi connectivity index (χ3v) is 7.46. The number of hydrogen-bond acceptors (Lipinski definition) is 8. The van der Waals surface area contributed by atoms with Gasteiger partial charge in [0.05, 0.1) is 22.9 Å². The molecular weight excluding hydrogens is 414 g/mol. The molecular formula is C23H25N3O4S. The number of ether oxygens (including phenoxy) is 3. The number of nitrogens with one attached hydrogen (secondary N) is 1. The molecule has 2 N–H and O–H groups in total. The molecule has 31 heavy (non-hydrogen) atoms. The Morgan fingerprint density at radius 1 is 1.16 bits per heavy atom. The summed E-state index contributed by atoms with van der Waals surface area (Å²) in [5, 5.41) is 15.5. The van der Waals surface area contributed by atoms with E-state index in [-0.39, 0.29) is 31.0 Å². The van der Waals surface area contributed by atoms with Crippen molar-refractivity contribution in [3.8, 4) is 0 Å². The second kappa shape index (κ2) is 7.21. The summed E-state index contributed by atoms with van der Waals surface area (Å²) in [6, 6.07) is 8.83. The quantitative estimate of drug-likeness (QED) is 0.640. The maximum absolute atomic E-state index is 9.80. The summed E-state index contributed by atoms with van der Waals surface area (Å²) in [6.07, 6.45) is 2.40. The number of rotatable bonds is 4. The molecule has 0 unspecified atom stereocenters. The molecule has 5 atom stereocenters. The lowest BCUT2D eigenvalue weighted by Crippen LogP contribution is -2.31. The largest absolute Gasteiger partial charge is 0.394 e. The summed E-state index contributed by atoms with van der Waals surface area (Å²) in [4.78, 5) is 9.14. The van der Waals surface area contributed by atoms with Crippen LogP contribution in [-0.4, -0.2) is 45.8 Å². The minimum atomic E-state index is -0.700. The van der Waals surface area contributed by atoms with Crippen molar-refractivity contribution in [3.05, 3.63) is 52.7 Å². The zero-order chi connectivity index (χ0) is 21.2. The first-order valence-electron chi connectivity index (χ1n) is 10.7. The van der Waals surface area contributed by atoms with Crippen molar-refractivity contribution in [2.75, 3.05) is 11.9 Å². The molecule has 1 aromatic carbocycles. The molecule has 1 aliphatic carbocycles. The Balaban J connectivity index is 1.33. The van der Waals surface area contributed by atoms with Crippen LogP contribution < -0.4 is 5.32 Å². The number of thiophene rings is 1. The Labute approximate surface area is 184 Å². The molecule has 0 radical (unpaired) electrons. The first kappa shape index (κ1) is 19.6. The summed E-state index contributed by atoms with van der Waals surface area (Å²) >= 11 is 1.61. The van der Waals surface area contributed by atoms with Crippen molar-refractivity contribution in [1.29, 1.82) is 0 Å². The van der Waals surface area contributed by atoms with Crippen molar-refractivity contribution in [3.63, 3.8) is 0 Å². The maximum atomic E-state index is 9.80. The van der Waals surface area contributed by atoms with Crippen molar-refractivity contribution in [1.82, 2.24) is 9.97 Å². The molecule has 0 amide bonds. The molecule has 2 aromatic heterocycles. The molecule has 3 aliphatic rings. The number of nitrogens with zero attached hydrogens (tertiary/aromatic N) is 2. The molecule has 0 bridgehead atoms. The van der Waals surface area contributed by atoms with Gasteiger partial charge in [-0.15, -0.1) is 11.3 Å². The van der Waals surface area contributed by atoms with E-state index in [0.29, 0.717) is 0 Å². The van der Waals surface area contributed by atoms with Gasteiger partial charge >= 0.3 is 0 Å². The second-order valence-corrected chi connectivity index (χ2v) is 9.75. The summed E-state index contributed by atoms with van der Waals surface area (Å²) in [7, 11) is 0. The maximum Gasteiger partial charge on any atom is 0.164 e. The van der Waals surface area contributed by atoms with Crippen LogP contribution in [0.25, 0.3) is 10.2 Å². The highest BCUT2D eigenvalue weighted by Crippen LogP contribution is 2.48. The van der Waals surface area contributed by atoms with Gasteiger partial charge in [-0.3, -0.25) is 0 Å². The lowest BCUT2D eigenvalue weighted by Gasteiger charge is -2.23. The van der Waals surface area contributed by atoms with Gasteiger partial charge in [0.15, 0.2) is 5.79 Å². The van der Waals surface area contributed by atoms with E-state index >= 15 is 0 Å². The van der Waals surface area contributed by atoms with E-state index < -0.39 is 11.9 Å². The molecule has 4 heterocycles. The van der Waals surface area contributed by atoms with Gasteiger partial charge in [-0.2, -0.15) is 0 Å². The Bertz CT molecular complexity index is 1130. The number of hydrogen-bond donors (Lipinski definition) is 2. The molecule has 3 aromatic rings. The van der Waals surface area contributed by atoms with Gasteiger partial charge in [0, 0.05) is 5.56 Å². The number of aliphatic hydroxyl groups excluding tert-OH is 1. The third kappa shape index (κ3) is 3.16. The van der Waals surface area contributed by atoms with Gasteiger partial charge in [-0.1, -0.05) is 24.3 Å². The number of aliphatic hydroxyl groups is 1. The number of aromatic nitrogens is 2. The fraction of sp³-hybridized carbons (Fsp3) is 0.478. The van der Waals surface area contributed by atoms with Crippen LogP contribution in [-0.2, 0) is 20.6 Å². The first-order chi connectivity index (χ1) is 15.0. The zero-order valence-corrected chi connectivity index (χ0v) is 18.3. The zero-order valence-electron chi connectivity index (χ0n) is 17.4. The fourth-order valence-corrected chi connectivity index (χ4v) is 6.12. The summed E-state index contributed by atoms with van der Waals surface area (Å²) in [5.74, 6) is 0.147.